The number of nitrogens with zero attached hydrogens (tertiary/aromatic N) is 2. The Morgan fingerprint density at radius 3 is 2.53 bits per heavy atom. The highest BCUT2D eigenvalue weighted by molar-refractivity contribution is 6.06. The Kier molecular flexibility index (Phi) is 2.04. The van der Waals surface area contributed by atoms with Crippen LogP contribution in [0.5, 0.6) is 0 Å². The van der Waals surface area contributed by atoms with Crippen LogP contribution in [0.4, 0.5) is 11.5 Å². The number of amides is 2. The number of carbonyl (C=O) groups excluding carboxylic acids is 2. The number of fused-ring (bicyclic) bond motifs is 1. The first-order valence-corrected chi connectivity index (χ1v) is 5.47. The molecule has 0 spiro atoms. The summed E-state index contributed by atoms with van der Waals surface area (Å²) in [4.78, 5) is 29.1. The number of rotatable bonds is 1. The van der Waals surface area contributed by atoms with Crippen molar-refractivity contribution in [3.05, 3.63) is 18.3 Å². The first kappa shape index (κ1) is 10.1. The molecule has 17 heavy (non-hydrogen) atoms. The molecule has 88 valence electrons. The molecule has 3 rings (SSSR count). The molecule has 3 heterocycles. The predicted octanol–water partition coefficient (Wildman–Crippen LogP) is -0.627. The van der Waals surface area contributed by atoms with Crippen LogP contribution in [0.15, 0.2) is 18.3 Å². The summed E-state index contributed by atoms with van der Waals surface area (Å²) in [6, 6.07) is 3.52. The van der Waals surface area contributed by atoms with E-state index < -0.39 is 0 Å². The molecule has 2 amide bonds. The summed E-state index contributed by atoms with van der Waals surface area (Å²) in [6.07, 6.45) is 1.65. The Labute approximate surface area is 97.8 Å². The molecule has 6 nitrogen and oxygen atoms in total. The maximum Gasteiger partial charge on any atom is 0.232 e. The largest absolute Gasteiger partial charge is 0.396 e. The van der Waals surface area contributed by atoms with Gasteiger partial charge in [0.05, 0.1) is 17.5 Å². The highest BCUT2D eigenvalue weighted by Crippen LogP contribution is 2.32. The molecule has 1 aromatic heterocycles. The van der Waals surface area contributed by atoms with Gasteiger partial charge >= 0.3 is 0 Å². The smallest absolute Gasteiger partial charge is 0.232 e. The lowest BCUT2D eigenvalue weighted by atomic mass is 10.00. The number of anilines is 2. The third kappa shape index (κ3) is 1.44. The summed E-state index contributed by atoms with van der Waals surface area (Å²) < 4.78 is 0. The third-order valence-electron chi connectivity index (χ3n) is 3.36. The van der Waals surface area contributed by atoms with Gasteiger partial charge in [-0.2, -0.15) is 0 Å². The Hall–Kier alpha value is -2.11. The SMILES string of the molecule is Nc1cccnc1N1C[C@@H]2C(=O)NC(=O)[C@H]2C1. The van der Waals surface area contributed by atoms with Gasteiger partial charge in [-0.3, -0.25) is 14.9 Å². The van der Waals surface area contributed by atoms with Crippen LogP contribution in [0, 0.1) is 11.8 Å². The summed E-state index contributed by atoms with van der Waals surface area (Å²) in [5, 5.41) is 2.35. The van der Waals surface area contributed by atoms with E-state index in [2.05, 4.69) is 10.3 Å². The van der Waals surface area contributed by atoms with Gasteiger partial charge in [0.25, 0.3) is 0 Å². The van der Waals surface area contributed by atoms with Crippen molar-refractivity contribution in [2.24, 2.45) is 11.8 Å². The number of hydrogen-bond donors (Lipinski definition) is 2. The normalized spacial score (nSPS) is 27.2. The first-order valence-electron chi connectivity index (χ1n) is 5.47. The number of pyridine rings is 1. The van der Waals surface area contributed by atoms with E-state index in [9.17, 15) is 9.59 Å². The van der Waals surface area contributed by atoms with E-state index in [4.69, 9.17) is 5.73 Å². The Bertz CT molecular complexity index is 480. The van der Waals surface area contributed by atoms with Crippen LogP contribution >= 0.6 is 0 Å². The van der Waals surface area contributed by atoms with Gasteiger partial charge in [-0.25, -0.2) is 4.98 Å². The molecule has 0 aliphatic carbocycles. The fraction of sp³-hybridized carbons (Fsp3) is 0.364. The van der Waals surface area contributed by atoms with E-state index in [1.165, 1.54) is 0 Å². The Balaban J connectivity index is 1.88. The molecule has 2 atom stereocenters. The van der Waals surface area contributed by atoms with E-state index in [0.29, 0.717) is 24.6 Å². The number of imide groups is 1. The van der Waals surface area contributed by atoms with Crippen LogP contribution in [-0.2, 0) is 9.59 Å². The molecule has 0 saturated carbocycles. The van der Waals surface area contributed by atoms with Gasteiger partial charge in [0, 0.05) is 19.3 Å². The molecular formula is C11H12N4O2. The topological polar surface area (TPSA) is 88.3 Å². The summed E-state index contributed by atoms with van der Waals surface area (Å²) in [7, 11) is 0. The fourth-order valence-corrected chi connectivity index (χ4v) is 2.49. The second kappa shape index (κ2) is 3.44. The van der Waals surface area contributed by atoms with Gasteiger partial charge in [-0.1, -0.05) is 0 Å². The van der Waals surface area contributed by atoms with Gasteiger partial charge in [-0.15, -0.1) is 0 Å². The third-order valence-corrected chi connectivity index (χ3v) is 3.36. The zero-order chi connectivity index (χ0) is 12.0. The molecule has 6 heteroatoms. The molecule has 0 aromatic carbocycles. The van der Waals surface area contributed by atoms with Crippen molar-refractivity contribution in [3.8, 4) is 0 Å². The van der Waals surface area contributed by atoms with Gasteiger partial charge < -0.3 is 10.6 Å². The predicted molar refractivity (Wildman–Crippen MR) is 61.0 cm³/mol. The quantitative estimate of drug-likeness (QED) is 0.629. The number of hydrogen-bond acceptors (Lipinski definition) is 5. The van der Waals surface area contributed by atoms with E-state index in [0.717, 1.165) is 0 Å². The molecule has 2 aliphatic rings. The van der Waals surface area contributed by atoms with Crippen LogP contribution in [0.3, 0.4) is 0 Å². The van der Waals surface area contributed by atoms with Gasteiger partial charge in [0.1, 0.15) is 0 Å². The second-order valence-electron chi connectivity index (χ2n) is 4.39. The molecular weight excluding hydrogens is 220 g/mol. The van der Waals surface area contributed by atoms with Crippen LogP contribution in [0.1, 0.15) is 0 Å². The van der Waals surface area contributed by atoms with Crippen LogP contribution in [0.2, 0.25) is 0 Å². The summed E-state index contributed by atoms with van der Waals surface area (Å²) in [5.41, 5.74) is 6.40. The minimum absolute atomic E-state index is 0.183. The lowest BCUT2D eigenvalue weighted by Crippen LogP contribution is -2.32. The number of nitrogens with two attached hydrogens (primary N) is 1. The van der Waals surface area contributed by atoms with Crippen molar-refractivity contribution >= 4 is 23.3 Å². The van der Waals surface area contributed by atoms with Crippen molar-refractivity contribution in [1.29, 1.82) is 0 Å². The number of nitrogens with one attached hydrogen (secondary N) is 1. The Morgan fingerprint density at radius 2 is 1.94 bits per heavy atom. The number of nitrogen functional groups attached to an aromatic ring is 1. The minimum Gasteiger partial charge on any atom is -0.396 e. The van der Waals surface area contributed by atoms with Crippen LogP contribution < -0.4 is 16.0 Å². The average molecular weight is 232 g/mol. The molecule has 0 unspecified atom stereocenters. The van der Waals surface area contributed by atoms with Crippen molar-refractivity contribution in [3.63, 3.8) is 0 Å². The molecule has 2 saturated heterocycles. The van der Waals surface area contributed by atoms with E-state index in [1.807, 2.05) is 4.90 Å². The van der Waals surface area contributed by atoms with E-state index >= 15 is 0 Å². The average Bonchev–Trinajstić information content (AvgIpc) is 2.83. The maximum absolute atomic E-state index is 11.5. The molecule has 1 aromatic rings. The lowest BCUT2D eigenvalue weighted by molar-refractivity contribution is -0.126. The molecule has 2 aliphatic heterocycles. The highest BCUT2D eigenvalue weighted by atomic mass is 16.2. The summed E-state index contributed by atoms with van der Waals surface area (Å²) >= 11 is 0. The summed E-state index contributed by atoms with van der Waals surface area (Å²) in [6.45, 7) is 1.01. The van der Waals surface area contributed by atoms with E-state index in [-0.39, 0.29) is 23.7 Å². The second-order valence-corrected chi connectivity index (χ2v) is 4.39. The highest BCUT2D eigenvalue weighted by Gasteiger charge is 2.48. The van der Waals surface area contributed by atoms with Gasteiger partial charge in [0.2, 0.25) is 11.8 Å². The van der Waals surface area contributed by atoms with Crippen LogP contribution in [-0.4, -0.2) is 29.9 Å². The lowest BCUT2D eigenvalue weighted by Gasteiger charge is -2.19. The number of carbonyl (C=O) groups is 2. The van der Waals surface area contributed by atoms with Gasteiger partial charge in [-0.05, 0) is 12.1 Å². The van der Waals surface area contributed by atoms with Crippen molar-refractivity contribution in [1.82, 2.24) is 10.3 Å². The monoisotopic (exact) mass is 232 g/mol. The zero-order valence-electron chi connectivity index (χ0n) is 9.09. The van der Waals surface area contributed by atoms with Gasteiger partial charge in [0.15, 0.2) is 5.82 Å². The van der Waals surface area contributed by atoms with E-state index in [1.54, 1.807) is 18.3 Å². The van der Waals surface area contributed by atoms with Crippen LogP contribution in [0.25, 0.3) is 0 Å². The van der Waals surface area contributed by atoms with Crippen molar-refractivity contribution < 1.29 is 9.59 Å². The minimum atomic E-state index is -0.260. The molecule has 2 fully saturated rings. The van der Waals surface area contributed by atoms with Crippen molar-refractivity contribution in [2.75, 3.05) is 23.7 Å². The Morgan fingerprint density at radius 1 is 1.29 bits per heavy atom. The van der Waals surface area contributed by atoms with Crippen molar-refractivity contribution in [2.45, 2.75) is 0 Å². The molecule has 3 N–H and O–H groups in total. The fourth-order valence-electron chi connectivity index (χ4n) is 2.49. The summed E-state index contributed by atoms with van der Waals surface area (Å²) in [5.74, 6) is -0.232. The zero-order valence-corrected chi connectivity index (χ0v) is 9.09. The molecule has 0 radical (unpaired) electrons. The molecule has 0 bridgehead atoms. The number of aromatic nitrogens is 1. The standard InChI is InChI=1S/C11H12N4O2/c12-8-2-1-3-13-9(8)15-4-6-7(5-15)11(17)14-10(6)16/h1-3,6-7H,4-5,12H2,(H,14,16,17)/t6-,7-/m0/s1. The first-order chi connectivity index (χ1) is 8.16. The maximum atomic E-state index is 11.5.